The topological polar surface area (TPSA) is 72.6 Å². The number of nitrogen functional groups attached to an aromatic ring is 1. The highest BCUT2D eigenvalue weighted by Gasteiger charge is 2.23. The first kappa shape index (κ1) is 15.0. The maximum Gasteiger partial charge on any atom is 0.325 e. The van der Waals surface area contributed by atoms with Gasteiger partial charge in [-0.25, -0.2) is 0 Å². The third-order valence-electron chi connectivity index (χ3n) is 2.90. The van der Waals surface area contributed by atoms with Crippen LogP contribution >= 0.6 is 0 Å². The zero-order valence-corrected chi connectivity index (χ0v) is 11.8. The Balaban J connectivity index is 3.05. The first-order valence-electron chi connectivity index (χ1n) is 6.10. The lowest BCUT2D eigenvalue weighted by molar-refractivity contribution is -0.141. The molecule has 1 aromatic rings. The molecule has 0 spiro atoms. The molecule has 2 N–H and O–H groups in total. The summed E-state index contributed by atoms with van der Waals surface area (Å²) >= 11 is 0. The number of amides is 1. The molecule has 0 saturated heterocycles. The molecule has 0 unspecified atom stereocenters. The summed E-state index contributed by atoms with van der Waals surface area (Å²) in [6.45, 7) is 5.47. The largest absolute Gasteiger partial charge is 0.468 e. The predicted molar refractivity (Wildman–Crippen MR) is 73.8 cm³/mol. The number of nitrogens with two attached hydrogens (primary N) is 1. The summed E-state index contributed by atoms with van der Waals surface area (Å²) in [7, 11) is 1.30. The zero-order chi connectivity index (χ0) is 14.6. The molecule has 104 valence electrons. The lowest BCUT2D eigenvalue weighted by Gasteiger charge is -2.26. The van der Waals surface area contributed by atoms with Gasteiger partial charge in [0.05, 0.1) is 7.11 Å². The van der Waals surface area contributed by atoms with Gasteiger partial charge >= 0.3 is 5.97 Å². The van der Waals surface area contributed by atoms with Crippen molar-refractivity contribution in [3.05, 3.63) is 29.3 Å². The summed E-state index contributed by atoms with van der Waals surface area (Å²) < 4.78 is 4.61. The average Bonchev–Trinajstić information content (AvgIpc) is 2.37. The molecule has 1 amide bonds. The van der Waals surface area contributed by atoms with Gasteiger partial charge < -0.3 is 15.4 Å². The predicted octanol–water partition coefficient (Wildman–Crippen LogP) is 1.60. The van der Waals surface area contributed by atoms with Crippen molar-refractivity contribution in [2.75, 3.05) is 19.4 Å². The van der Waals surface area contributed by atoms with E-state index in [1.54, 1.807) is 18.2 Å². The van der Waals surface area contributed by atoms with Gasteiger partial charge in [0.1, 0.15) is 6.54 Å². The maximum absolute atomic E-state index is 12.5. The number of hydrogen-bond donors (Lipinski definition) is 1. The number of benzene rings is 1. The third kappa shape index (κ3) is 3.71. The Kier molecular flexibility index (Phi) is 4.92. The summed E-state index contributed by atoms with van der Waals surface area (Å²) in [5, 5.41) is 0. The van der Waals surface area contributed by atoms with Crippen molar-refractivity contribution in [3.63, 3.8) is 0 Å². The molecule has 0 atom stereocenters. The first-order chi connectivity index (χ1) is 8.86. The molecule has 0 fully saturated rings. The van der Waals surface area contributed by atoms with Crippen molar-refractivity contribution in [2.45, 2.75) is 26.8 Å². The van der Waals surface area contributed by atoms with Gasteiger partial charge in [-0.3, -0.25) is 9.59 Å². The molecule has 0 aliphatic carbocycles. The minimum Gasteiger partial charge on any atom is -0.468 e. The van der Waals surface area contributed by atoms with Crippen LogP contribution in [0.15, 0.2) is 18.2 Å². The smallest absolute Gasteiger partial charge is 0.325 e. The van der Waals surface area contributed by atoms with E-state index in [4.69, 9.17) is 5.73 Å². The van der Waals surface area contributed by atoms with Crippen molar-refractivity contribution < 1.29 is 14.3 Å². The van der Waals surface area contributed by atoms with Crippen LogP contribution in [0.5, 0.6) is 0 Å². The van der Waals surface area contributed by atoms with Gasteiger partial charge in [0.2, 0.25) is 0 Å². The van der Waals surface area contributed by atoms with Crippen LogP contribution in [0, 0.1) is 6.92 Å². The molecule has 0 aliphatic rings. The summed E-state index contributed by atoms with van der Waals surface area (Å²) in [5.74, 6) is -0.659. The van der Waals surface area contributed by atoms with Gasteiger partial charge in [0.25, 0.3) is 5.91 Å². The van der Waals surface area contributed by atoms with E-state index < -0.39 is 5.97 Å². The first-order valence-corrected chi connectivity index (χ1v) is 6.10. The van der Waals surface area contributed by atoms with Crippen LogP contribution < -0.4 is 5.73 Å². The highest BCUT2D eigenvalue weighted by Crippen LogP contribution is 2.16. The molecule has 5 heteroatoms. The van der Waals surface area contributed by atoms with Crippen LogP contribution in [0.1, 0.15) is 29.8 Å². The van der Waals surface area contributed by atoms with Gasteiger partial charge in [-0.2, -0.15) is 0 Å². The van der Waals surface area contributed by atoms with Gasteiger partial charge in [-0.05, 0) is 38.5 Å². The Morgan fingerprint density at radius 2 is 2.00 bits per heavy atom. The van der Waals surface area contributed by atoms with Crippen molar-refractivity contribution >= 4 is 17.6 Å². The van der Waals surface area contributed by atoms with E-state index in [1.807, 2.05) is 20.8 Å². The monoisotopic (exact) mass is 264 g/mol. The molecule has 1 rings (SSSR count). The Labute approximate surface area is 113 Å². The zero-order valence-electron chi connectivity index (χ0n) is 11.8. The average molecular weight is 264 g/mol. The second-order valence-corrected chi connectivity index (χ2v) is 4.68. The molecule has 19 heavy (non-hydrogen) atoms. The van der Waals surface area contributed by atoms with Gasteiger partial charge in [-0.15, -0.1) is 0 Å². The minimum atomic E-state index is -0.441. The quantitative estimate of drug-likeness (QED) is 0.662. The van der Waals surface area contributed by atoms with E-state index in [2.05, 4.69) is 4.74 Å². The molecule has 1 aromatic carbocycles. The Bertz CT molecular complexity index is 484. The SMILES string of the molecule is COC(=O)CN(C(=O)c1cc(N)ccc1C)C(C)C. The number of rotatable bonds is 4. The number of esters is 1. The number of anilines is 1. The molecule has 0 aromatic heterocycles. The summed E-state index contributed by atoms with van der Waals surface area (Å²) in [6, 6.07) is 5.06. The summed E-state index contributed by atoms with van der Waals surface area (Å²) in [5.41, 5.74) is 7.57. The van der Waals surface area contributed by atoms with Crippen LogP contribution in [0.3, 0.4) is 0 Å². The fourth-order valence-corrected chi connectivity index (χ4v) is 1.72. The lowest BCUT2D eigenvalue weighted by atomic mass is 10.1. The second-order valence-electron chi connectivity index (χ2n) is 4.68. The Morgan fingerprint density at radius 3 is 2.53 bits per heavy atom. The standard InChI is InChI=1S/C14H20N2O3/c1-9(2)16(8-13(17)19-4)14(18)12-7-11(15)6-5-10(12)3/h5-7,9H,8,15H2,1-4H3. The van der Waals surface area contributed by atoms with E-state index in [0.29, 0.717) is 11.3 Å². The fraction of sp³-hybridized carbons (Fsp3) is 0.429. The normalized spacial score (nSPS) is 10.4. The Hall–Kier alpha value is -2.04. The molecule has 0 bridgehead atoms. The van der Waals surface area contributed by atoms with E-state index in [0.717, 1.165) is 5.56 Å². The van der Waals surface area contributed by atoms with E-state index in [-0.39, 0.29) is 18.5 Å². The van der Waals surface area contributed by atoms with Crippen molar-refractivity contribution in [2.24, 2.45) is 0 Å². The van der Waals surface area contributed by atoms with Gasteiger partial charge in [-0.1, -0.05) is 6.07 Å². The number of aryl methyl sites for hydroxylation is 1. The number of nitrogens with zero attached hydrogens (tertiary/aromatic N) is 1. The summed E-state index contributed by atoms with van der Waals surface area (Å²) in [4.78, 5) is 25.3. The molecule has 5 nitrogen and oxygen atoms in total. The second kappa shape index (κ2) is 6.22. The van der Waals surface area contributed by atoms with Gasteiger partial charge in [0, 0.05) is 17.3 Å². The molecular weight excluding hydrogens is 244 g/mol. The summed E-state index contributed by atoms with van der Waals surface area (Å²) in [6.07, 6.45) is 0. The lowest BCUT2D eigenvalue weighted by Crippen LogP contribution is -2.41. The number of hydrogen-bond acceptors (Lipinski definition) is 4. The van der Waals surface area contributed by atoms with Crippen LogP contribution in [0.2, 0.25) is 0 Å². The van der Waals surface area contributed by atoms with E-state index in [1.165, 1.54) is 12.0 Å². The Morgan fingerprint density at radius 1 is 1.37 bits per heavy atom. The molecule has 0 saturated carbocycles. The highest BCUT2D eigenvalue weighted by molar-refractivity contribution is 5.98. The molecule has 0 heterocycles. The van der Waals surface area contributed by atoms with Crippen LogP contribution in [0.25, 0.3) is 0 Å². The van der Waals surface area contributed by atoms with Crippen molar-refractivity contribution in [1.29, 1.82) is 0 Å². The fourth-order valence-electron chi connectivity index (χ4n) is 1.72. The maximum atomic E-state index is 12.5. The molecular formula is C14H20N2O3. The van der Waals surface area contributed by atoms with Gasteiger partial charge in [0.15, 0.2) is 0 Å². The molecule has 0 radical (unpaired) electrons. The third-order valence-corrected chi connectivity index (χ3v) is 2.90. The van der Waals surface area contributed by atoms with Crippen molar-refractivity contribution in [1.82, 2.24) is 4.90 Å². The van der Waals surface area contributed by atoms with E-state index in [9.17, 15) is 9.59 Å². The number of carbonyl (C=O) groups excluding carboxylic acids is 2. The molecule has 0 aliphatic heterocycles. The minimum absolute atomic E-state index is 0.0682. The van der Waals surface area contributed by atoms with Crippen LogP contribution in [-0.2, 0) is 9.53 Å². The van der Waals surface area contributed by atoms with Crippen LogP contribution in [0.4, 0.5) is 5.69 Å². The van der Waals surface area contributed by atoms with E-state index >= 15 is 0 Å². The van der Waals surface area contributed by atoms with Crippen LogP contribution in [-0.4, -0.2) is 36.5 Å². The number of ether oxygens (including phenoxy) is 1. The number of carbonyl (C=O) groups is 2. The number of methoxy groups -OCH3 is 1. The highest BCUT2D eigenvalue weighted by atomic mass is 16.5. The van der Waals surface area contributed by atoms with Crippen molar-refractivity contribution in [3.8, 4) is 0 Å².